The van der Waals surface area contributed by atoms with Crippen LogP contribution >= 0.6 is 0 Å². The zero-order valence-corrected chi connectivity index (χ0v) is 15.4. The Hall–Kier alpha value is -2.97. The maximum absolute atomic E-state index is 12.9. The number of benzene rings is 1. The van der Waals surface area contributed by atoms with Crippen LogP contribution in [0.2, 0.25) is 0 Å². The smallest absolute Gasteiger partial charge is 0.258 e. The fraction of sp³-hybridized carbons (Fsp3) is 0.316. The lowest BCUT2D eigenvalue weighted by Crippen LogP contribution is -2.44. The highest BCUT2D eigenvalue weighted by Crippen LogP contribution is 2.29. The summed E-state index contributed by atoms with van der Waals surface area (Å²) in [5, 5.41) is 7.59. The molecule has 1 saturated heterocycles. The number of para-hydroxylation sites is 1. The summed E-state index contributed by atoms with van der Waals surface area (Å²) >= 11 is 0. The molecular weight excluding hydrogens is 346 g/mol. The van der Waals surface area contributed by atoms with E-state index >= 15 is 0 Å². The van der Waals surface area contributed by atoms with Gasteiger partial charge in [-0.2, -0.15) is 0 Å². The number of hydrogen-bond acceptors (Lipinski definition) is 7. The quantitative estimate of drug-likeness (QED) is 0.649. The van der Waals surface area contributed by atoms with Crippen LogP contribution in [0.4, 0.5) is 0 Å². The van der Waals surface area contributed by atoms with E-state index in [9.17, 15) is 4.79 Å². The molecule has 0 bridgehead atoms. The highest BCUT2D eigenvalue weighted by molar-refractivity contribution is 6.06. The molecule has 1 aliphatic rings. The van der Waals surface area contributed by atoms with Gasteiger partial charge in [0.25, 0.3) is 11.6 Å². The van der Waals surface area contributed by atoms with Crippen LogP contribution in [0, 0.1) is 13.8 Å². The number of fused-ring (bicyclic) bond motifs is 1. The standard InChI is InChI=1S/C19H21N5O3/c1-10-8-13(17-11(2)24-27-19(17)20-10)18(25)21-16-9-14(22-23-16)12-6-4-5-7-15(12)26-3/h4-8,14,16,22-23H,9H2,1-3H3,(H,21,25). The highest BCUT2D eigenvalue weighted by Gasteiger charge is 2.29. The summed E-state index contributed by atoms with van der Waals surface area (Å²) < 4.78 is 10.6. The lowest BCUT2D eigenvalue weighted by Gasteiger charge is -2.14. The van der Waals surface area contributed by atoms with Crippen LogP contribution in [0.1, 0.15) is 39.8 Å². The van der Waals surface area contributed by atoms with E-state index in [1.165, 1.54) is 0 Å². The second-order valence-corrected chi connectivity index (χ2v) is 6.60. The molecule has 3 N–H and O–H groups in total. The molecule has 0 aliphatic carbocycles. The molecule has 1 amide bonds. The van der Waals surface area contributed by atoms with Gasteiger partial charge in [0.2, 0.25) is 0 Å². The van der Waals surface area contributed by atoms with E-state index in [2.05, 4.69) is 26.3 Å². The molecule has 3 heterocycles. The van der Waals surface area contributed by atoms with Crippen LogP contribution in [0.3, 0.4) is 0 Å². The molecule has 140 valence electrons. The van der Waals surface area contributed by atoms with E-state index < -0.39 is 0 Å². The van der Waals surface area contributed by atoms with Crippen molar-refractivity contribution in [3.8, 4) is 5.75 Å². The first-order chi connectivity index (χ1) is 13.1. The number of pyridine rings is 1. The number of carbonyl (C=O) groups is 1. The van der Waals surface area contributed by atoms with Crippen molar-refractivity contribution in [1.82, 2.24) is 26.3 Å². The third-order valence-corrected chi connectivity index (χ3v) is 4.71. The molecule has 1 fully saturated rings. The predicted molar refractivity (Wildman–Crippen MR) is 99.2 cm³/mol. The minimum Gasteiger partial charge on any atom is -0.496 e. The average molecular weight is 367 g/mol. The van der Waals surface area contributed by atoms with E-state index in [1.807, 2.05) is 31.2 Å². The van der Waals surface area contributed by atoms with Gasteiger partial charge in [-0.25, -0.2) is 15.8 Å². The molecule has 2 aromatic heterocycles. The number of nitrogens with one attached hydrogen (secondary N) is 3. The summed E-state index contributed by atoms with van der Waals surface area (Å²) in [6.45, 7) is 3.62. The Labute approximate surface area is 156 Å². The summed E-state index contributed by atoms with van der Waals surface area (Å²) in [6.07, 6.45) is 0.457. The molecule has 1 aromatic carbocycles. The highest BCUT2D eigenvalue weighted by atomic mass is 16.5. The Kier molecular flexibility index (Phi) is 4.51. The molecule has 0 radical (unpaired) electrons. The summed E-state index contributed by atoms with van der Waals surface area (Å²) in [4.78, 5) is 17.2. The van der Waals surface area contributed by atoms with Crippen molar-refractivity contribution in [2.45, 2.75) is 32.5 Å². The number of aromatic nitrogens is 2. The van der Waals surface area contributed by atoms with E-state index in [4.69, 9.17) is 9.26 Å². The van der Waals surface area contributed by atoms with E-state index in [0.29, 0.717) is 34.5 Å². The largest absolute Gasteiger partial charge is 0.496 e. The Balaban J connectivity index is 1.52. The number of carbonyl (C=O) groups excluding carboxylic acids is 1. The van der Waals surface area contributed by atoms with Crippen LogP contribution in [0.5, 0.6) is 5.75 Å². The van der Waals surface area contributed by atoms with Gasteiger partial charge in [0.1, 0.15) is 5.75 Å². The summed E-state index contributed by atoms with van der Waals surface area (Å²) in [5.74, 6) is 0.618. The molecule has 0 spiro atoms. The first-order valence-corrected chi connectivity index (χ1v) is 8.75. The van der Waals surface area contributed by atoms with Gasteiger partial charge >= 0.3 is 0 Å². The molecule has 8 nitrogen and oxygen atoms in total. The Morgan fingerprint density at radius 2 is 2.11 bits per heavy atom. The first-order valence-electron chi connectivity index (χ1n) is 8.75. The van der Waals surface area contributed by atoms with Crippen molar-refractivity contribution in [1.29, 1.82) is 0 Å². The topological polar surface area (TPSA) is 101 Å². The van der Waals surface area contributed by atoms with Gasteiger partial charge < -0.3 is 14.6 Å². The Bertz CT molecular complexity index is 1000. The van der Waals surface area contributed by atoms with Gasteiger partial charge in [0.15, 0.2) is 0 Å². The summed E-state index contributed by atoms with van der Waals surface area (Å²) in [5.41, 5.74) is 9.64. The van der Waals surface area contributed by atoms with Gasteiger partial charge in [-0.15, -0.1) is 0 Å². The number of aryl methyl sites for hydroxylation is 2. The molecule has 2 atom stereocenters. The minimum atomic E-state index is -0.226. The number of amides is 1. The zero-order valence-electron chi connectivity index (χ0n) is 15.4. The average Bonchev–Trinajstić information content (AvgIpc) is 3.28. The monoisotopic (exact) mass is 367 g/mol. The predicted octanol–water partition coefficient (Wildman–Crippen LogP) is 2.14. The maximum atomic E-state index is 12.9. The number of hydrogen-bond donors (Lipinski definition) is 3. The molecule has 0 saturated carbocycles. The normalized spacial score (nSPS) is 19.4. The second kappa shape index (κ2) is 6.98. The molecule has 8 heteroatoms. The molecule has 4 rings (SSSR count). The van der Waals surface area contributed by atoms with Gasteiger partial charge in [0, 0.05) is 17.7 Å². The molecule has 27 heavy (non-hydrogen) atoms. The molecular formula is C19H21N5O3. The molecule has 1 aliphatic heterocycles. The molecule has 2 unspecified atom stereocenters. The van der Waals surface area contributed by atoms with Crippen molar-refractivity contribution in [3.63, 3.8) is 0 Å². The van der Waals surface area contributed by atoms with Crippen molar-refractivity contribution in [2.75, 3.05) is 7.11 Å². The van der Waals surface area contributed by atoms with Crippen molar-refractivity contribution < 1.29 is 14.1 Å². The van der Waals surface area contributed by atoms with Crippen molar-refractivity contribution in [3.05, 3.63) is 52.8 Å². The van der Waals surface area contributed by atoms with E-state index in [1.54, 1.807) is 20.1 Å². The van der Waals surface area contributed by atoms with E-state index in [-0.39, 0.29) is 18.1 Å². The number of ether oxygens (including phenoxy) is 1. The SMILES string of the molecule is COc1ccccc1C1CC(NC(=O)c2cc(C)nc3onc(C)c23)NN1. The van der Waals surface area contributed by atoms with Crippen molar-refractivity contribution in [2.24, 2.45) is 0 Å². The van der Waals surface area contributed by atoms with Gasteiger partial charge in [-0.3, -0.25) is 4.79 Å². The van der Waals surface area contributed by atoms with Gasteiger partial charge in [-0.1, -0.05) is 23.4 Å². The number of hydrazine groups is 1. The fourth-order valence-corrected chi connectivity index (χ4v) is 3.44. The summed E-state index contributed by atoms with van der Waals surface area (Å²) in [6, 6.07) is 9.62. The summed E-state index contributed by atoms with van der Waals surface area (Å²) in [7, 11) is 1.65. The third kappa shape index (κ3) is 3.24. The van der Waals surface area contributed by atoms with Crippen LogP contribution in [-0.2, 0) is 0 Å². The fourth-order valence-electron chi connectivity index (χ4n) is 3.44. The zero-order chi connectivity index (χ0) is 19.0. The second-order valence-electron chi connectivity index (χ2n) is 6.60. The Morgan fingerprint density at radius 3 is 2.93 bits per heavy atom. The minimum absolute atomic E-state index is 0.0305. The van der Waals surface area contributed by atoms with Gasteiger partial charge in [0.05, 0.1) is 36.0 Å². The van der Waals surface area contributed by atoms with Crippen molar-refractivity contribution >= 4 is 17.0 Å². The number of rotatable bonds is 4. The van der Waals surface area contributed by atoms with Crippen LogP contribution in [0.15, 0.2) is 34.9 Å². The maximum Gasteiger partial charge on any atom is 0.258 e. The van der Waals surface area contributed by atoms with Crippen LogP contribution in [-0.4, -0.2) is 29.3 Å². The number of nitrogens with zero attached hydrogens (tertiary/aromatic N) is 2. The lowest BCUT2D eigenvalue weighted by atomic mass is 10.0. The van der Waals surface area contributed by atoms with E-state index in [0.717, 1.165) is 11.3 Å². The number of methoxy groups -OCH3 is 1. The van der Waals surface area contributed by atoms with Gasteiger partial charge in [-0.05, 0) is 26.0 Å². The van der Waals surface area contributed by atoms with Crippen LogP contribution in [0.25, 0.3) is 11.1 Å². The lowest BCUT2D eigenvalue weighted by molar-refractivity contribution is 0.0933. The first kappa shape index (κ1) is 17.4. The van der Waals surface area contributed by atoms with Crippen LogP contribution < -0.4 is 20.9 Å². The molecule has 3 aromatic rings. The Morgan fingerprint density at radius 1 is 1.30 bits per heavy atom. The third-order valence-electron chi connectivity index (χ3n) is 4.71.